The Kier molecular flexibility index (Phi) is 4.97. The second-order valence-electron chi connectivity index (χ2n) is 3.88. The molecule has 0 heterocycles. The van der Waals surface area contributed by atoms with Gasteiger partial charge >= 0.3 is 5.97 Å². The van der Waals surface area contributed by atoms with Crippen molar-refractivity contribution in [1.29, 1.82) is 0 Å². The van der Waals surface area contributed by atoms with Gasteiger partial charge < -0.3 is 19.7 Å². The number of para-hydroxylation sites is 1. The third-order valence-corrected chi connectivity index (χ3v) is 2.89. The van der Waals surface area contributed by atoms with Gasteiger partial charge in [-0.2, -0.15) is 0 Å². The highest BCUT2D eigenvalue weighted by Crippen LogP contribution is 2.37. The molecule has 1 aromatic carbocycles. The topological polar surface area (TPSA) is 76.0 Å². The Hall–Kier alpha value is -1.75. The monoisotopic (exact) mass is 254 g/mol. The standard InChI is InChI=1S/C13H18O5/c1-4-8(13(15)16)11(14)9-6-5-7-10(17-2)12(9)18-3/h5-8,11,14H,4H2,1-3H3,(H,15,16). The zero-order chi connectivity index (χ0) is 13.7. The zero-order valence-corrected chi connectivity index (χ0v) is 10.7. The Bertz CT molecular complexity index is 416. The number of carboxylic acids is 1. The Balaban J connectivity index is 3.19. The molecule has 0 spiro atoms. The second kappa shape index (κ2) is 6.26. The summed E-state index contributed by atoms with van der Waals surface area (Å²) < 4.78 is 10.3. The first-order valence-corrected chi connectivity index (χ1v) is 5.68. The largest absolute Gasteiger partial charge is 0.493 e. The molecule has 0 aliphatic heterocycles. The molecule has 0 saturated carbocycles. The van der Waals surface area contributed by atoms with E-state index in [0.29, 0.717) is 23.5 Å². The predicted molar refractivity (Wildman–Crippen MR) is 65.9 cm³/mol. The molecule has 0 radical (unpaired) electrons. The summed E-state index contributed by atoms with van der Waals surface area (Å²) >= 11 is 0. The summed E-state index contributed by atoms with van der Waals surface area (Å²) in [6.07, 6.45) is -0.797. The van der Waals surface area contributed by atoms with Crippen molar-refractivity contribution < 1.29 is 24.5 Å². The van der Waals surface area contributed by atoms with Crippen LogP contribution in [0.5, 0.6) is 11.5 Å². The van der Waals surface area contributed by atoms with E-state index < -0.39 is 18.0 Å². The number of ether oxygens (including phenoxy) is 2. The van der Waals surface area contributed by atoms with Crippen LogP contribution in [-0.4, -0.2) is 30.4 Å². The highest BCUT2D eigenvalue weighted by atomic mass is 16.5. The van der Waals surface area contributed by atoms with Crippen molar-refractivity contribution >= 4 is 5.97 Å². The highest BCUT2D eigenvalue weighted by molar-refractivity contribution is 5.71. The van der Waals surface area contributed by atoms with E-state index >= 15 is 0 Å². The van der Waals surface area contributed by atoms with E-state index in [-0.39, 0.29) is 0 Å². The van der Waals surface area contributed by atoms with Crippen molar-refractivity contribution in [3.8, 4) is 11.5 Å². The number of hydrogen-bond acceptors (Lipinski definition) is 4. The van der Waals surface area contributed by atoms with Gasteiger partial charge in [0, 0.05) is 5.56 Å². The first kappa shape index (κ1) is 14.3. The molecule has 18 heavy (non-hydrogen) atoms. The van der Waals surface area contributed by atoms with Crippen LogP contribution in [0.2, 0.25) is 0 Å². The Morgan fingerprint density at radius 2 is 2.00 bits per heavy atom. The lowest BCUT2D eigenvalue weighted by molar-refractivity contribution is -0.146. The van der Waals surface area contributed by atoms with E-state index in [0.717, 1.165) is 0 Å². The van der Waals surface area contributed by atoms with Crippen LogP contribution in [0.15, 0.2) is 18.2 Å². The number of aliphatic hydroxyl groups excluding tert-OH is 1. The van der Waals surface area contributed by atoms with Crippen LogP contribution < -0.4 is 9.47 Å². The maximum absolute atomic E-state index is 11.1. The molecule has 5 nitrogen and oxygen atoms in total. The Morgan fingerprint density at radius 3 is 2.44 bits per heavy atom. The summed E-state index contributed by atoms with van der Waals surface area (Å²) in [5.41, 5.74) is 0.422. The van der Waals surface area contributed by atoms with Gasteiger partial charge in [-0.25, -0.2) is 0 Å². The molecular formula is C13H18O5. The van der Waals surface area contributed by atoms with E-state index in [4.69, 9.17) is 14.6 Å². The smallest absolute Gasteiger partial charge is 0.309 e. The van der Waals surface area contributed by atoms with E-state index in [1.54, 1.807) is 25.1 Å². The number of hydrogen-bond donors (Lipinski definition) is 2. The fourth-order valence-corrected chi connectivity index (χ4v) is 1.89. The number of benzene rings is 1. The second-order valence-corrected chi connectivity index (χ2v) is 3.88. The minimum atomic E-state index is -1.13. The maximum atomic E-state index is 11.1. The van der Waals surface area contributed by atoms with Gasteiger partial charge in [0.2, 0.25) is 0 Å². The van der Waals surface area contributed by atoms with E-state index in [2.05, 4.69) is 0 Å². The van der Waals surface area contributed by atoms with Crippen molar-refractivity contribution in [3.63, 3.8) is 0 Å². The number of carboxylic acid groups (broad SMARTS) is 1. The molecule has 0 saturated heterocycles. The van der Waals surface area contributed by atoms with Crippen LogP contribution in [0, 0.1) is 5.92 Å². The van der Waals surface area contributed by atoms with Crippen molar-refractivity contribution in [2.45, 2.75) is 19.4 Å². The SMILES string of the molecule is CCC(C(=O)O)C(O)c1cccc(OC)c1OC. The summed E-state index contributed by atoms with van der Waals surface area (Å²) in [6, 6.07) is 5.02. The first-order valence-electron chi connectivity index (χ1n) is 5.68. The van der Waals surface area contributed by atoms with Crippen LogP contribution in [0.4, 0.5) is 0 Å². The summed E-state index contributed by atoms with van der Waals surface area (Å²) in [6.45, 7) is 1.72. The summed E-state index contributed by atoms with van der Waals surface area (Å²) in [5.74, 6) is -1.07. The Labute approximate surface area is 106 Å². The van der Waals surface area contributed by atoms with Gasteiger partial charge in [-0.1, -0.05) is 19.1 Å². The minimum absolute atomic E-state index is 0.330. The molecule has 0 bridgehead atoms. The lowest BCUT2D eigenvalue weighted by atomic mass is 9.93. The minimum Gasteiger partial charge on any atom is -0.493 e. The van der Waals surface area contributed by atoms with Crippen LogP contribution in [0.25, 0.3) is 0 Å². The van der Waals surface area contributed by atoms with Crippen LogP contribution in [0.1, 0.15) is 25.0 Å². The van der Waals surface area contributed by atoms with E-state index in [1.807, 2.05) is 0 Å². The summed E-state index contributed by atoms with van der Waals surface area (Å²) in [4.78, 5) is 11.1. The fourth-order valence-electron chi connectivity index (χ4n) is 1.89. The molecule has 0 amide bonds. The normalized spacial score (nSPS) is 13.8. The molecule has 1 rings (SSSR count). The van der Waals surface area contributed by atoms with Gasteiger partial charge in [-0.3, -0.25) is 4.79 Å². The molecule has 0 aromatic heterocycles. The van der Waals surface area contributed by atoms with Gasteiger partial charge in [0.1, 0.15) is 0 Å². The summed E-state index contributed by atoms with van der Waals surface area (Å²) in [7, 11) is 2.94. The van der Waals surface area contributed by atoms with Gasteiger partial charge in [0.25, 0.3) is 0 Å². The van der Waals surface area contributed by atoms with Crippen molar-refractivity contribution in [1.82, 2.24) is 0 Å². The molecule has 100 valence electrons. The average Bonchev–Trinajstić information content (AvgIpc) is 2.37. The molecule has 2 atom stereocenters. The molecule has 0 aliphatic rings. The number of methoxy groups -OCH3 is 2. The molecule has 0 fully saturated rings. The molecule has 2 unspecified atom stereocenters. The van der Waals surface area contributed by atoms with Gasteiger partial charge in [0.15, 0.2) is 11.5 Å². The van der Waals surface area contributed by atoms with Gasteiger partial charge in [0.05, 0.1) is 26.2 Å². The molecule has 0 aliphatic carbocycles. The fraction of sp³-hybridized carbons (Fsp3) is 0.462. The van der Waals surface area contributed by atoms with Crippen LogP contribution in [-0.2, 0) is 4.79 Å². The summed E-state index contributed by atoms with van der Waals surface area (Å²) in [5, 5.41) is 19.2. The predicted octanol–water partition coefficient (Wildman–Crippen LogP) is 1.85. The molecular weight excluding hydrogens is 236 g/mol. The van der Waals surface area contributed by atoms with Crippen molar-refractivity contribution in [3.05, 3.63) is 23.8 Å². The van der Waals surface area contributed by atoms with Crippen molar-refractivity contribution in [2.75, 3.05) is 14.2 Å². The first-order chi connectivity index (χ1) is 8.56. The number of rotatable bonds is 6. The average molecular weight is 254 g/mol. The van der Waals surface area contributed by atoms with Gasteiger partial charge in [-0.15, -0.1) is 0 Å². The maximum Gasteiger partial charge on any atom is 0.309 e. The molecule has 2 N–H and O–H groups in total. The van der Waals surface area contributed by atoms with E-state index in [1.165, 1.54) is 14.2 Å². The number of aliphatic carboxylic acids is 1. The molecule has 1 aromatic rings. The number of carbonyl (C=O) groups is 1. The quantitative estimate of drug-likeness (QED) is 0.810. The van der Waals surface area contributed by atoms with E-state index in [9.17, 15) is 9.90 Å². The lowest BCUT2D eigenvalue weighted by Crippen LogP contribution is -2.21. The van der Waals surface area contributed by atoms with Gasteiger partial charge in [-0.05, 0) is 12.5 Å². The zero-order valence-electron chi connectivity index (χ0n) is 10.7. The van der Waals surface area contributed by atoms with Crippen LogP contribution >= 0.6 is 0 Å². The third-order valence-electron chi connectivity index (χ3n) is 2.89. The van der Waals surface area contributed by atoms with Crippen LogP contribution in [0.3, 0.4) is 0 Å². The molecule has 5 heteroatoms. The third kappa shape index (κ3) is 2.73. The van der Waals surface area contributed by atoms with Crippen molar-refractivity contribution in [2.24, 2.45) is 5.92 Å². The number of aliphatic hydroxyl groups is 1. The lowest BCUT2D eigenvalue weighted by Gasteiger charge is -2.21. The Morgan fingerprint density at radius 1 is 1.33 bits per heavy atom. The highest BCUT2D eigenvalue weighted by Gasteiger charge is 2.29.